The first-order chi connectivity index (χ1) is 11.8. The molecule has 3 atom stereocenters. The summed E-state index contributed by atoms with van der Waals surface area (Å²) in [5.74, 6) is 2.69. The van der Waals surface area contributed by atoms with Crippen molar-refractivity contribution in [1.82, 2.24) is 4.98 Å². The molecule has 2 aliphatic carbocycles. The van der Waals surface area contributed by atoms with Crippen LogP contribution >= 0.6 is 0 Å². The second-order valence-corrected chi connectivity index (χ2v) is 6.82. The summed E-state index contributed by atoms with van der Waals surface area (Å²) >= 11 is 0. The topological polar surface area (TPSA) is 48.4 Å². The third kappa shape index (κ3) is 3.28. The molecule has 2 aliphatic rings. The van der Waals surface area contributed by atoms with Gasteiger partial charge in [0.25, 0.3) is 0 Å². The van der Waals surface area contributed by atoms with Gasteiger partial charge < -0.3 is 9.47 Å². The van der Waals surface area contributed by atoms with Gasteiger partial charge in [0.2, 0.25) is 0 Å². The summed E-state index contributed by atoms with van der Waals surface area (Å²) in [4.78, 5) is 16.3. The predicted octanol–water partition coefficient (Wildman–Crippen LogP) is 4.00. The number of carbonyl (C=O) groups excluding carboxylic acids is 1. The van der Waals surface area contributed by atoms with E-state index in [4.69, 9.17) is 9.47 Å². The summed E-state index contributed by atoms with van der Waals surface area (Å²) < 4.78 is 11.3. The van der Waals surface area contributed by atoms with Gasteiger partial charge in [0.1, 0.15) is 18.1 Å². The van der Waals surface area contributed by atoms with Crippen molar-refractivity contribution in [3.8, 4) is 11.5 Å². The summed E-state index contributed by atoms with van der Waals surface area (Å²) in [7, 11) is 0. The number of nitrogens with zero attached hydrogens (tertiary/aromatic N) is 1. The SMILES string of the molecule is O=C(Oc1ccc(OCc2ccncc2)cc1)C1CC2CCC1C2. The van der Waals surface area contributed by atoms with Gasteiger partial charge >= 0.3 is 5.97 Å². The molecule has 1 aromatic heterocycles. The van der Waals surface area contributed by atoms with Crippen molar-refractivity contribution in [1.29, 1.82) is 0 Å². The van der Waals surface area contributed by atoms with Crippen LogP contribution in [0.4, 0.5) is 0 Å². The lowest BCUT2D eigenvalue weighted by Crippen LogP contribution is -2.25. The highest BCUT2D eigenvalue weighted by Gasteiger charge is 2.44. The highest BCUT2D eigenvalue weighted by molar-refractivity contribution is 5.76. The molecule has 1 aromatic carbocycles. The van der Waals surface area contributed by atoms with Crippen molar-refractivity contribution in [2.45, 2.75) is 32.3 Å². The van der Waals surface area contributed by atoms with Crippen molar-refractivity contribution in [3.05, 3.63) is 54.4 Å². The summed E-state index contributed by atoms with van der Waals surface area (Å²) in [6.45, 7) is 0.493. The maximum Gasteiger partial charge on any atom is 0.314 e. The van der Waals surface area contributed by atoms with Crippen LogP contribution < -0.4 is 9.47 Å². The van der Waals surface area contributed by atoms with Crippen LogP contribution in [0.3, 0.4) is 0 Å². The Bertz CT molecular complexity index is 699. The lowest BCUT2D eigenvalue weighted by atomic mass is 9.89. The summed E-state index contributed by atoms with van der Waals surface area (Å²) in [6, 6.07) is 11.1. The number of carbonyl (C=O) groups is 1. The molecule has 4 rings (SSSR count). The number of benzene rings is 1. The minimum absolute atomic E-state index is 0.0624. The van der Waals surface area contributed by atoms with E-state index in [2.05, 4.69) is 4.98 Å². The van der Waals surface area contributed by atoms with Crippen LogP contribution in [0.25, 0.3) is 0 Å². The predicted molar refractivity (Wildman–Crippen MR) is 89.6 cm³/mol. The number of aromatic nitrogens is 1. The molecule has 0 spiro atoms. The van der Waals surface area contributed by atoms with Crippen LogP contribution in [0.1, 0.15) is 31.2 Å². The second-order valence-electron chi connectivity index (χ2n) is 6.82. The van der Waals surface area contributed by atoms with Crippen LogP contribution in [0, 0.1) is 17.8 Å². The zero-order chi connectivity index (χ0) is 16.4. The normalized spacial score (nSPS) is 24.8. The van der Waals surface area contributed by atoms with Gasteiger partial charge in [-0.15, -0.1) is 0 Å². The molecular weight excluding hydrogens is 302 g/mol. The van der Waals surface area contributed by atoms with E-state index in [1.54, 1.807) is 24.5 Å². The molecule has 2 bridgehead atoms. The van der Waals surface area contributed by atoms with Gasteiger partial charge in [-0.25, -0.2) is 0 Å². The molecule has 3 unspecified atom stereocenters. The maximum absolute atomic E-state index is 12.3. The molecule has 0 amide bonds. The highest BCUT2D eigenvalue weighted by atomic mass is 16.5. The fourth-order valence-electron chi connectivity index (χ4n) is 3.97. The lowest BCUT2D eigenvalue weighted by Gasteiger charge is -2.19. The van der Waals surface area contributed by atoms with Gasteiger partial charge in [0, 0.05) is 12.4 Å². The Labute approximate surface area is 141 Å². The molecule has 4 heteroatoms. The molecule has 1 heterocycles. The third-order valence-electron chi connectivity index (χ3n) is 5.24. The Morgan fingerprint density at radius 1 is 1.00 bits per heavy atom. The summed E-state index contributed by atoms with van der Waals surface area (Å²) in [5.41, 5.74) is 1.07. The molecule has 2 fully saturated rings. The van der Waals surface area contributed by atoms with Gasteiger partial charge in [-0.2, -0.15) is 0 Å². The Hall–Kier alpha value is -2.36. The number of rotatable bonds is 5. The first-order valence-electron chi connectivity index (χ1n) is 8.61. The average Bonchev–Trinajstić information content (AvgIpc) is 3.25. The Morgan fingerprint density at radius 2 is 1.75 bits per heavy atom. The minimum Gasteiger partial charge on any atom is -0.489 e. The average molecular weight is 323 g/mol. The Balaban J connectivity index is 1.31. The van der Waals surface area contributed by atoms with Crippen molar-refractivity contribution < 1.29 is 14.3 Å². The van der Waals surface area contributed by atoms with E-state index in [0.29, 0.717) is 18.3 Å². The van der Waals surface area contributed by atoms with E-state index in [9.17, 15) is 4.79 Å². The molecule has 2 aromatic rings. The van der Waals surface area contributed by atoms with Crippen molar-refractivity contribution in [3.63, 3.8) is 0 Å². The molecule has 0 saturated heterocycles. The third-order valence-corrected chi connectivity index (χ3v) is 5.24. The van der Waals surface area contributed by atoms with Crippen LogP contribution in [0.2, 0.25) is 0 Å². The monoisotopic (exact) mass is 323 g/mol. The number of ether oxygens (including phenoxy) is 2. The van der Waals surface area contributed by atoms with E-state index in [0.717, 1.165) is 23.7 Å². The number of hydrogen-bond donors (Lipinski definition) is 0. The van der Waals surface area contributed by atoms with Gasteiger partial charge in [-0.3, -0.25) is 9.78 Å². The largest absolute Gasteiger partial charge is 0.489 e. The first kappa shape index (κ1) is 15.2. The molecule has 4 nitrogen and oxygen atoms in total. The number of hydrogen-bond acceptors (Lipinski definition) is 4. The quantitative estimate of drug-likeness (QED) is 0.616. The van der Waals surface area contributed by atoms with E-state index in [-0.39, 0.29) is 11.9 Å². The fourth-order valence-corrected chi connectivity index (χ4v) is 3.97. The van der Waals surface area contributed by atoms with Gasteiger partial charge in [0.05, 0.1) is 5.92 Å². The number of fused-ring (bicyclic) bond motifs is 2. The van der Waals surface area contributed by atoms with Crippen LogP contribution in [0.15, 0.2) is 48.8 Å². The van der Waals surface area contributed by atoms with Gasteiger partial charge in [-0.05, 0) is 73.1 Å². The van der Waals surface area contributed by atoms with E-state index in [1.807, 2.05) is 24.3 Å². The number of pyridine rings is 1. The molecule has 0 aliphatic heterocycles. The van der Waals surface area contributed by atoms with Gasteiger partial charge in [0.15, 0.2) is 0 Å². The van der Waals surface area contributed by atoms with Gasteiger partial charge in [-0.1, -0.05) is 6.42 Å². The smallest absolute Gasteiger partial charge is 0.314 e. The molecular formula is C20H21NO3. The van der Waals surface area contributed by atoms with E-state index in [1.165, 1.54) is 19.3 Å². The highest BCUT2D eigenvalue weighted by Crippen LogP contribution is 2.48. The first-order valence-corrected chi connectivity index (χ1v) is 8.61. The Morgan fingerprint density at radius 3 is 2.42 bits per heavy atom. The van der Waals surface area contributed by atoms with Crippen molar-refractivity contribution in [2.24, 2.45) is 17.8 Å². The van der Waals surface area contributed by atoms with E-state index >= 15 is 0 Å². The second kappa shape index (κ2) is 6.63. The standard InChI is InChI=1S/C20H21NO3/c22-20(19-12-15-1-2-16(19)11-15)24-18-5-3-17(4-6-18)23-13-14-7-9-21-10-8-14/h3-10,15-16,19H,1-2,11-13H2. The van der Waals surface area contributed by atoms with Crippen molar-refractivity contribution >= 4 is 5.97 Å². The van der Waals surface area contributed by atoms with Crippen LogP contribution in [-0.2, 0) is 11.4 Å². The summed E-state index contributed by atoms with van der Waals surface area (Å²) in [6.07, 6.45) is 8.19. The maximum atomic E-state index is 12.3. The molecule has 0 N–H and O–H groups in total. The zero-order valence-electron chi connectivity index (χ0n) is 13.6. The zero-order valence-corrected chi connectivity index (χ0v) is 13.6. The fraction of sp³-hybridized carbons (Fsp3) is 0.400. The Kier molecular flexibility index (Phi) is 4.20. The molecule has 0 radical (unpaired) electrons. The summed E-state index contributed by atoms with van der Waals surface area (Å²) in [5, 5.41) is 0. The number of esters is 1. The van der Waals surface area contributed by atoms with Crippen LogP contribution in [-0.4, -0.2) is 11.0 Å². The molecule has 24 heavy (non-hydrogen) atoms. The minimum atomic E-state index is -0.0624. The van der Waals surface area contributed by atoms with Crippen LogP contribution in [0.5, 0.6) is 11.5 Å². The molecule has 124 valence electrons. The van der Waals surface area contributed by atoms with E-state index < -0.39 is 0 Å². The molecule has 2 saturated carbocycles. The lowest BCUT2D eigenvalue weighted by molar-refractivity contribution is -0.140. The van der Waals surface area contributed by atoms with Crippen molar-refractivity contribution in [2.75, 3.05) is 0 Å².